The van der Waals surface area contributed by atoms with Crippen LogP contribution in [-0.2, 0) is 0 Å². The summed E-state index contributed by atoms with van der Waals surface area (Å²) >= 11 is 0. The molecule has 3 rings (SSSR count). The van der Waals surface area contributed by atoms with Crippen molar-refractivity contribution < 1.29 is 0 Å². The largest absolute Gasteiger partial charge is 0.362 e. The molecule has 0 spiro atoms. The number of hydrogen-bond acceptors (Lipinski definition) is 1. The maximum Gasteiger partial charge on any atom is 0.0380 e. The molecule has 118 valence electrons. The van der Waals surface area contributed by atoms with E-state index in [4.69, 9.17) is 0 Å². The Morgan fingerprint density at radius 1 is 1.00 bits per heavy atom. The Balaban J connectivity index is 1.67. The van der Waals surface area contributed by atoms with Crippen molar-refractivity contribution in [2.75, 3.05) is 5.32 Å². The van der Waals surface area contributed by atoms with E-state index in [2.05, 4.69) is 72.6 Å². The van der Waals surface area contributed by atoms with Crippen molar-refractivity contribution in [3.63, 3.8) is 0 Å². The Hall–Kier alpha value is -3.06. The molecule has 0 bridgehead atoms. The van der Waals surface area contributed by atoms with Crippen molar-refractivity contribution in [1.82, 2.24) is 0 Å². The average molecular weight is 311 g/mol. The molecule has 0 radical (unpaired) electrons. The second-order valence-electron chi connectivity index (χ2n) is 5.58. The zero-order valence-corrected chi connectivity index (χ0v) is 13.7. The first-order valence-corrected chi connectivity index (χ1v) is 8.15. The first-order chi connectivity index (χ1) is 11.9. The van der Waals surface area contributed by atoms with Crippen molar-refractivity contribution in [2.24, 2.45) is 0 Å². The Bertz CT molecular complexity index is 803. The lowest BCUT2D eigenvalue weighted by molar-refractivity contribution is 1.45. The van der Waals surface area contributed by atoms with E-state index in [9.17, 15) is 0 Å². The number of benzene rings is 2. The highest BCUT2D eigenvalue weighted by molar-refractivity contribution is 5.77. The van der Waals surface area contributed by atoms with Crippen LogP contribution in [0.25, 0.3) is 11.1 Å². The summed E-state index contributed by atoms with van der Waals surface area (Å²) in [6.07, 6.45) is 15.5. The summed E-state index contributed by atoms with van der Waals surface area (Å²) in [5.74, 6) is 0. The van der Waals surface area contributed by atoms with Gasteiger partial charge in [0.25, 0.3) is 0 Å². The van der Waals surface area contributed by atoms with Gasteiger partial charge >= 0.3 is 0 Å². The summed E-state index contributed by atoms with van der Waals surface area (Å²) < 4.78 is 0. The summed E-state index contributed by atoms with van der Waals surface area (Å²) in [4.78, 5) is 0. The van der Waals surface area contributed by atoms with Crippen LogP contribution in [0.15, 0.2) is 104 Å². The fourth-order valence-electron chi connectivity index (χ4n) is 2.66. The maximum atomic E-state index is 3.80. The lowest BCUT2D eigenvalue weighted by Crippen LogP contribution is -1.89. The fourth-order valence-corrected chi connectivity index (χ4v) is 2.66. The molecule has 0 saturated carbocycles. The van der Waals surface area contributed by atoms with Gasteiger partial charge < -0.3 is 5.32 Å². The summed E-state index contributed by atoms with van der Waals surface area (Å²) in [6, 6.07) is 18.8. The van der Waals surface area contributed by atoms with E-state index >= 15 is 0 Å². The molecule has 0 aromatic heterocycles. The van der Waals surface area contributed by atoms with Crippen molar-refractivity contribution in [3.05, 3.63) is 115 Å². The summed E-state index contributed by atoms with van der Waals surface area (Å²) in [5.41, 5.74) is 5.93. The van der Waals surface area contributed by atoms with E-state index in [1.807, 2.05) is 36.6 Å². The minimum Gasteiger partial charge on any atom is -0.362 e. The summed E-state index contributed by atoms with van der Waals surface area (Å²) in [6.45, 7) is 3.80. The van der Waals surface area contributed by atoms with E-state index < -0.39 is 0 Å². The van der Waals surface area contributed by atoms with Crippen LogP contribution < -0.4 is 5.32 Å². The van der Waals surface area contributed by atoms with Gasteiger partial charge in [-0.15, -0.1) is 0 Å². The van der Waals surface area contributed by atoms with E-state index in [0.717, 1.165) is 17.7 Å². The molecule has 1 heteroatoms. The van der Waals surface area contributed by atoms with Gasteiger partial charge in [0.2, 0.25) is 0 Å². The van der Waals surface area contributed by atoms with Crippen LogP contribution in [0.5, 0.6) is 0 Å². The minimum atomic E-state index is 1.04. The van der Waals surface area contributed by atoms with Crippen molar-refractivity contribution in [1.29, 1.82) is 0 Å². The third-order valence-corrected chi connectivity index (χ3v) is 3.91. The minimum absolute atomic E-state index is 1.04. The second kappa shape index (κ2) is 7.98. The number of allylic oxidation sites excluding steroid dienone is 8. The van der Waals surface area contributed by atoms with E-state index in [1.165, 1.54) is 16.7 Å². The normalized spacial score (nSPS) is 14.0. The van der Waals surface area contributed by atoms with Gasteiger partial charge in [-0.2, -0.15) is 0 Å². The Morgan fingerprint density at radius 3 is 2.46 bits per heavy atom. The number of rotatable bonds is 6. The lowest BCUT2D eigenvalue weighted by atomic mass is 10.1. The van der Waals surface area contributed by atoms with Crippen LogP contribution in [0.1, 0.15) is 17.5 Å². The molecule has 1 nitrogen and oxygen atoms in total. The van der Waals surface area contributed by atoms with Gasteiger partial charge in [-0.05, 0) is 46.9 Å². The molecule has 2 aromatic rings. The fraction of sp³-hybridized carbons (Fsp3) is 0.0435. The molecular weight excluding hydrogens is 290 g/mol. The van der Waals surface area contributed by atoms with Crippen LogP contribution in [0.4, 0.5) is 5.69 Å². The second-order valence-corrected chi connectivity index (χ2v) is 5.58. The van der Waals surface area contributed by atoms with Crippen LogP contribution in [0, 0.1) is 0 Å². The predicted molar refractivity (Wildman–Crippen MR) is 106 cm³/mol. The number of hydrogen-bond donors (Lipinski definition) is 1. The van der Waals surface area contributed by atoms with Gasteiger partial charge in [-0.1, -0.05) is 79.4 Å². The lowest BCUT2D eigenvalue weighted by Gasteiger charge is -2.05. The smallest absolute Gasteiger partial charge is 0.0380 e. The topological polar surface area (TPSA) is 12.0 Å². The molecular formula is C23H21N. The molecule has 0 aliphatic heterocycles. The van der Waals surface area contributed by atoms with E-state index in [-0.39, 0.29) is 0 Å². The number of nitrogens with one attached hydrogen (secondary N) is 1. The molecule has 24 heavy (non-hydrogen) atoms. The van der Waals surface area contributed by atoms with E-state index in [0.29, 0.717) is 0 Å². The summed E-state index contributed by atoms with van der Waals surface area (Å²) in [5, 5.41) is 3.33. The molecule has 1 aliphatic carbocycles. The maximum absolute atomic E-state index is 3.80. The van der Waals surface area contributed by atoms with Crippen molar-refractivity contribution in [2.45, 2.75) is 6.42 Å². The Morgan fingerprint density at radius 2 is 1.79 bits per heavy atom. The Kier molecular flexibility index (Phi) is 5.26. The molecule has 0 heterocycles. The van der Waals surface area contributed by atoms with Crippen molar-refractivity contribution >= 4 is 16.8 Å². The average Bonchev–Trinajstić information content (AvgIpc) is 3.17. The molecule has 0 unspecified atom stereocenters. The third kappa shape index (κ3) is 4.02. The molecule has 1 aliphatic rings. The predicted octanol–water partition coefficient (Wildman–Crippen LogP) is 6.23. The quantitative estimate of drug-likeness (QED) is 0.624. The van der Waals surface area contributed by atoms with Gasteiger partial charge in [0, 0.05) is 11.9 Å². The highest BCUT2D eigenvalue weighted by Crippen LogP contribution is 2.23. The first-order valence-electron chi connectivity index (χ1n) is 8.15. The third-order valence-electron chi connectivity index (χ3n) is 3.91. The summed E-state index contributed by atoms with van der Waals surface area (Å²) in [7, 11) is 0. The van der Waals surface area contributed by atoms with Crippen LogP contribution in [0.2, 0.25) is 0 Å². The molecule has 0 amide bonds. The van der Waals surface area contributed by atoms with Crippen molar-refractivity contribution in [3.8, 4) is 0 Å². The van der Waals surface area contributed by atoms with Crippen LogP contribution >= 0.6 is 0 Å². The highest BCUT2D eigenvalue weighted by atomic mass is 14.8. The first kappa shape index (κ1) is 15.8. The Labute approximate surface area is 144 Å². The zero-order chi connectivity index (χ0) is 16.6. The van der Waals surface area contributed by atoms with E-state index in [1.54, 1.807) is 0 Å². The molecule has 2 aromatic carbocycles. The standard InChI is InChI=1S/C23H21N/c1-2-8-19(20-9-4-3-5-10-20)17-18-24-23-15-13-22(14-16-23)21-11-6-7-12-21/h2-6,8-18,24H,1,7H2/b18-17-,19-8+. The highest BCUT2D eigenvalue weighted by Gasteiger charge is 2.01. The SMILES string of the molecule is C=C/C=C(\C=C/Nc1ccc(C2=CCC=C2)cc1)c1ccccc1. The van der Waals surface area contributed by atoms with Gasteiger partial charge in [0.05, 0.1) is 0 Å². The van der Waals surface area contributed by atoms with Gasteiger partial charge in [0.15, 0.2) is 0 Å². The van der Waals surface area contributed by atoms with Gasteiger partial charge in [-0.25, -0.2) is 0 Å². The van der Waals surface area contributed by atoms with Gasteiger partial charge in [0.1, 0.15) is 0 Å². The molecule has 0 fully saturated rings. The van der Waals surface area contributed by atoms with Gasteiger partial charge in [-0.3, -0.25) is 0 Å². The molecule has 0 atom stereocenters. The molecule has 1 N–H and O–H groups in total. The van der Waals surface area contributed by atoms with Crippen LogP contribution in [0.3, 0.4) is 0 Å². The zero-order valence-electron chi connectivity index (χ0n) is 13.7. The monoisotopic (exact) mass is 311 g/mol. The number of anilines is 1. The molecule has 0 saturated heterocycles. The van der Waals surface area contributed by atoms with Crippen LogP contribution in [-0.4, -0.2) is 0 Å².